The lowest BCUT2D eigenvalue weighted by Gasteiger charge is -2.28. The van der Waals surface area contributed by atoms with Gasteiger partial charge in [-0.2, -0.15) is 4.99 Å². The number of nitrogens with zero attached hydrogens (tertiary/aromatic N) is 7. The van der Waals surface area contributed by atoms with Gasteiger partial charge in [0.05, 0.1) is 35.0 Å². The first-order valence-corrected chi connectivity index (χ1v) is 24.5. The van der Waals surface area contributed by atoms with Gasteiger partial charge in [0.15, 0.2) is 27.3 Å². The van der Waals surface area contributed by atoms with Gasteiger partial charge in [-0.25, -0.2) is 9.78 Å². The van der Waals surface area contributed by atoms with Gasteiger partial charge in [-0.1, -0.05) is 55.0 Å². The molecule has 0 fully saturated rings. The Kier molecular flexibility index (Phi) is 13.6. The third-order valence-electron chi connectivity index (χ3n) is 9.03. The van der Waals surface area contributed by atoms with Crippen molar-refractivity contribution >= 4 is 79.6 Å². The number of anilines is 2. The normalized spacial score (nSPS) is 13.3. The Labute approximate surface area is 340 Å². The Morgan fingerprint density at radius 1 is 1.11 bits per heavy atom. The highest BCUT2D eigenvalue weighted by atomic mass is 79.9. The van der Waals surface area contributed by atoms with E-state index in [1.807, 2.05) is 49.3 Å². The highest BCUT2D eigenvalue weighted by molar-refractivity contribution is 9.10. The van der Waals surface area contributed by atoms with E-state index in [2.05, 4.69) is 81.0 Å². The van der Waals surface area contributed by atoms with Crippen LogP contribution in [-0.2, 0) is 29.0 Å². The molecule has 11 nitrogen and oxygen atoms in total. The van der Waals surface area contributed by atoms with Crippen LogP contribution < -0.4 is 14.4 Å². The van der Waals surface area contributed by atoms with E-state index < -0.39 is 14.0 Å². The number of aromatic nitrogens is 4. The number of ether oxygens (including phenoxy) is 3. The van der Waals surface area contributed by atoms with Gasteiger partial charge < -0.3 is 19.1 Å². The quantitative estimate of drug-likeness (QED) is 0.0472. The lowest BCUT2D eigenvalue weighted by Crippen LogP contribution is -2.27. The van der Waals surface area contributed by atoms with Crippen LogP contribution in [0.1, 0.15) is 44.9 Å². The molecule has 0 amide bonds. The number of rotatable bonds is 14. The number of halogens is 1. The molecule has 4 heterocycles. The van der Waals surface area contributed by atoms with Gasteiger partial charge in [0.2, 0.25) is 0 Å². The van der Waals surface area contributed by atoms with Crippen LogP contribution in [0.15, 0.2) is 51.9 Å². The van der Waals surface area contributed by atoms with E-state index in [1.165, 1.54) is 18.4 Å². The molecule has 5 aromatic rings. The number of carbonyl (C=O) groups excluding carboxylic acids is 1. The van der Waals surface area contributed by atoms with E-state index in [-0.39, 0.29) is 0 Å². The van der Waals surface area contributed by atoms with E-state index in [0.29, 0.717) is 55.9 Å². The molecular weight excluding hydrogens is 815 g/mol. The molecule has 290 valence electrons. The number of carbonyl (C=O) groups is 1. The van der Waals surface area contributed by atoms with E-state index >= 15 is 0 Å². The average molecular weight is 863 g/mol. The lowest BCUT2D eigenvalue weighted by molar-refractivity contribution is 0.0593. The number of para-hydroxylation sites is 1. The summed E-state index contributed by atoms with van der Waals surface area (Å²) < 4.78 is 21.6. The molecule has 0 atom stereocenters. The van der Waals surface area contributed by atoms with Gasteiger partial charge in [-0.05, 0) is 99.0 Å². The maximum atomic E-state index is 12.9. The summed E-state index contributed by atoms with van der Waals surface area (Å²) in [7, 11) is 4.16. The predicted octanol–water partition coefficient (Wildman–Crippen LogP) is 8.36. The van der Waals surface area contributed by atoms with E-state index in [4.69, 9.17) is 29.3 Å². The Balaban J connectivity index is 1.19. The van der Waals surface area contributed by atoms with Crippen LogP contribution in [0.4, 0.5) is 16.8 Å². The minimum absolute atomic E-state index is 0.328. The molecule has 1 aliphatic heterocycles. The van der Waals surface area contributed by atoms with Crippen LogP contribution >= 0.6 is 38.6 Å². The molecule has 0 saturated heterocycles. The molecule has 0 radical (unpaired) electrons. The Bertz CT molecular complexity index is 2290. The van der Waals surface area contributed by atoms with Crippen LogP contribution in [0.2, 0.25) is 25.7 Å². The highest BCUT2D eigenvalue weighted by Crippen LogP contribution is 2.39. The summed E-state index contributed by atoms with van der Waals surface area (Å²) in [5.41, 5.74) is 4.41. The van der Waals surface area contributed by atoms with Gasteiger partial charge in [-0.15, -0.1) is 21.5 Å². The monoisotopic (exact) mass is 861 g/mol. The zero-order chi connectivity index (χ0) is 39.1. The van der Waals surface area contributed by atoms with Crippen molar-refractivity contribution in [2.24, 2.45) is 4.99 Å². The van der Waals surface area contributed by atoms with Crippen molar-refractivity contribution in [3.8, 4) is 17.6 Å². The number of hydrogen-bond acceptors (Lipinski definition) is 12. The second kappa shape index (κ2) is 18.4. The Hall–Kier alpha value is -3.91. The van der Waals surface area contributed by atoms with Gasteiger partial charge in [0.1, 0.15) is 12.5 Å². The zero-order valence-corrected chi connectivity index (χ0v) is 36.8. The van der Waals surface area contributed by atoms with Crippen molar-refractivity contribution in [2.75, 3.05) is 52.4 Å². The third kappa shape index (κ3) is 10.3. The second-order valence-electron chi connectivity index (χ2n) is 14.8. The van der Waals surface area contributed by atoms with Crippen LogP contribution in [0.25, 0.3) is 10.2 Å². The van der Waals surface area contributed by atoms with Gasteiger partial charge in [0.25, 0.3) is 0 Å². The first-order valence-electron chi connectivity index (χ1n) is 18.4. The molecule has 1 aliphatic rings. The second-order valence-corrected chi connectivity index (χ2v) is 23.4. The molecular formula is C40H48BrN7O4S2Si. The number of hydrogen-bond donors (Lipinski definition) is 0. The minimum Gasteiger partial charge on any atom is -0.492 e. The summed E-state index contributed by atoms with van der Waals surface area (Å²) in [6, 6.07) is 15.3. The molecule has 15 heteroatoms. The molecule has 3 aromatic heterocycles. The maximum Gasteiger partial charge on any atom is 0.357 e. The lowest BCUT2D eigenvalue weighted by atomic mass is 10.0. The highest BCUT2D eigenvalue weighted by Gasteiger charge is 2.29. The molecule has 0 aliphatic carbocycles. The molecule has 0 spiro atoms. The summed E-state index contributed by atoms with van der Waals surface area (Å²) in [4.78, 5) is 28.6. The van der Waals surface area contributed by atoms with Gasteiger partial charge in [-0.3, -0.25) is 9.47 Å². The van der Waals surface area contributed by atoms with E-state index in [9.17, 15) is 4.79 Å². The van der Waals surface area contributed by atoms with Crippen molar-refractivity contribution in [3.63, 3.8) is 0 Å². The smallest absolute Gasteiger partial charge is 0.357 e. The van der Waals surface area contributed by atoms with Crippen LogP contribution in [0.3, 0.4) is 0 Å². The van der Waals surface area contributed by atoms with Crippen molar-refractivity contribution in [1.82, 2.24) is 24.6 Å². The fourth-order valence-electron chi connectivity index (χ4n) is 6.01. The topological polar surface area (TPSA) is 107 Å². The Morgan fingerprint density at radius 2 is 1.93 bits per heavy atom. The number of methoxy groups -OCH3 is 1. The largest absolute Gasteiger partial charge is 0.492 e. The average Bonchev–Trinajstić information content (AvgIpc) is 3.74. The molecule has 0 unspecified atom stereocenters. The van der Waals surface area contributed by atoms with Crippen molar-refractivity contribution in [1.29, 1.82) is 0 Å². The molecule has 2 aromatic carbocycles. The Morgan fingerprint density at radius 3 is 2.69 bits per heavy atom. The van der Waals surface area contributed by atoms with Crippen molar-refractivity contribution in [3.05, 3.63) is 79.0 Å². The summed E-state index contributed by atoms with van der Waals surface area (Å²) >= 11 is 6.73. The number of benzene rings is 2. The van der Waals surface area contributed by atoms with Gasteiger partial charge >= 0.3 is 5.97 Å². The van der Waals surface area contributed by atoms with E-state index in [0.717, 1.165) is 78.1 Å². The first-order chi connectivity index (χ1) is 26.4. The SMILES string of the molecule is COC(=O)c1nc(N2CCCc3c2nnc(N=c2sc4ccccc4n2COCC[Si](C)(C)C)c3C)sc1CCCOc1ccc(C#CCN(C)C)cc1Br. The molecule has 55 heavy (non-hydrogen) atoms. The number of thiazole rings is 2. The first kappa shape index (κ1) is 40.7. The number of fused-ring (bicyclic) bond motifs is 2. The zero-order valence-electron chi connectivity index (χ0n) is 32.6. The molecule has 0 bridgehead atoms. The minimum atomic E-state index is -1.21. The van der Waals surface area contributed by atoms with Crippen LogP contribution in [-0.4, -0.2) is 86.2 Å². The molecule has 0 saturated carbocycles. The standard InChI is InChI=1S/C40H48BrN7O4S2Si/c1-27-29-14-11-21-47(37(29)45-44-36(27)43-40-48(26-51-23-24-55(5,6)7)31-15-8-9-16-33(31)53-40)39-42-35(38(49)50-4)34(54-39)17-12-22-52-32-19-18-28(25-30(32)41)13-10-20-46(2)3/h8-9,15-16,18-19,25H,11-12,14,17,20-24,26H2,1-7H3. The third-order valence-corrected chi connectivity index (χ3v) is 13.6. The fraction of sp³-hybridized carbons (Fsp3) is 0.425. The number of aryl methyl sites for hydroxylation is 1. The summed E-state index contributed by atoms with van der Waals surface area (Å²) in [6.45, 7) is 12.2. The fourth-order valence-corrected chi connectivity index (χ4v) is 9.39. The maximum absolute atomic E-state index is 12.9. The van der Waals surface area contributed by atoms with Gasteiger partial charge in [0, 0.05) is 42.8 Å². The van der Waals surface area contributed by atoms with E-state index in [1.54, 1.807) is 11.3 Å². The van der Waals surface area contributed by atoms with Crippen molar-refractivity contribution < 1.29 is 19.0 Å². The summed E-state index contributed by atoms with van der Waals surface area (Å²) in [6.07, 6.45) is 3.04. The van der Waals surface area contributed by atoms with Crippen molar-refractivity contribution in [2.45, 2.75) is 65.0 Å². The van der Waals surface area contributed by atoms with Crippen LogP contribution in [0.5, 0.6) is 5.75 Å². The molecule has 0 N–H and O–H groups in total. The number of esters is 1. The summed E-state index contributed by atoms with van der Waals surface area (Å²) in [5, 5.41) is 10.1. The predicted molar refractivity (Wildman–Crippen MR) is 228 cm³/mol. The summed E-state index contributed by atoms with van der Waals surface area (Å²) in [5.74, 6) is 7.96. The van der Waals surface area contributed by atoms with Crippen LogP contribution in [0, 0.1) is 18.8 Å². The molecule has 6 rings (SSSR count).